The van der Waals surface area contributed by atoms with Crippen molar-refractivity contribution in [2.75, 3.05) is 33.2 Å². The number of likely N-dealkylation sites (N-methyl/N-ethyl adjacent to an activating group) is 1. The average Bonchev–Trinajstić information content (AvgIpc) is 3.12. The summed E-state index contributed by atoms with van der Waals surface area (Å²) in [5.74, 6) is 0.639. The number of nitrogens with zero attached hydrogens (tertiary/aromatic N) is 3. The Morgan fingerprint density at radius 2 is 1.37 bits per heavy atom. The van der Waals surface area contributed by atoms with Gasteiger partial charge in [0.05, 0.1) is 0 Å². The molecule has 1 N–H and O–H groups in total. The summed E-state index contributed by atoms with van der Waals surface area (Å²) in [6, 6.07) is 2.61. The topological polar surface area (TPSA) is 55.9 Å². The molecule has 4 fully saturated rings. The van der Waals surface area contributed by atoms with Crippen LogP contribution in [-0.2, 0) is 9.59 Å². The van der Waals surface area contributed by atoms with E-state index in [2.05, 4.69) is 22.2 Å². The van der Waals surface area contributed by atoms with E-state index >= 15 is 0 Å². The number of nitrogens with one attached hydrogen (secondary N) is 1. The van der Waals surface area contributed by atoms with E-state index in [4.69, 9.17) is 0 Å². The minimum Gasteiger partial charge on any atom is -0.341 e. The summed E-state index contributed by atoms with van der Waals surface area (Å²) in [6.07, 6.45) is 8.76. The molecule has 6 heteroatoms. The highest BCUT2D eigenvalue weighted by Gasteiger charge is 2.35. The third kappa shape index (κ3) is 5.02. The van der Waals surface area contributed by atoms with Gasteiger partial charge in [-0.05, 0) is 45.6 Å². The normalized spacial score (nSPS) is 33.1. The first-order valence-corrected chi connectivity index (χ1v) is 11.0. The SMILES string of the molecule is CCC(=O)N1CCC2CCC(C1)N2.CCC(=O)N1CCC2CCC(C1)N2C. The Morgan fingerprint density at radius 3 is 2.07 bits per heavy atom. The molecule has 27 heavy (non-hydrogen) atoms. The maximum atomic E-state index is 11.6. The second-order valence-corrected chi connectivity index (χ2v) is 8.65. The van der Waals surface area contributed by atoms with Crippen molar-refractivity contribution in [3.8, 4) is 0 Å². The minimum absolute atomic E-state index is 0.314. The minimum atomic E-state index is 0.314. The van der Waals surface area contributed by atoms with E-state index in [0.717, 1.165) is 38.6 Å². The highest BCUT2D eigenvalue weighted by molar-refractivity contribution is 5.76. The molecule has 4 unspecified atom stereocenters. The fourth-order valence-corrected chi connectivity index (χ4v) is 5.15. The van der Waals surface area contributed by atoms with Gasteiger partial charge >= 0.3 is 0 Å². The molecule has 0 aromatic heterocycles. The second-order valence-electron chi connectivity index (χ2n) is 8.65. The predicted molar refractivity (Wildman–Crippen MR) is 107 cm³/mol. The Kier molecular flexibility index (Phi) is 7.15. The molecular weight excluding hydrogens is 340 g/mol. The smallest absolute Gasteiger partial charge is 0.222 e. The number of amides is 2. The van der Waals surface area contributed by atoms with Crippen LogP contribution in [-0.4, -0.2) is 83.9 Å². The Balaban J connectivity index is 0.000000156. The molecule has 6 nitrogen and oxygen atoms in total. The lowest BCUT2D eigenvalue weighted by atomic mass is 10.1. The van der Waals surface area contributed by atoms with Crippen LogP contribution in [0.2, 0.25) is 0 Å². The van der Waals surface area contributed by atoms with Gasteiger partial charge < -0.3 is 15.1 Å². The quantitative estimate of drug-likeness (QED) is 0.797. The van der Waals surface area contributed by atoms with Crippen LogP contribution in [0.25, 0.3) is 0 Å². The van der Waals surface area contributed by atoms with Crippen molar-refractivity contribution in [1.29, 1.82) is 0 Å². The average molecular weight is 379 g/mol. The third-order valence-corrected chi connectivity index (χ3v) is 6.98. The number of hydrogen-bond donors (Lipinski definition) is 1. The molecule has 4 bridgehead atoms. The Hall–Kier alpha value is -1.14. The Labute approximate surface area is 164 Å². The number of carbonyl (C=O) groups is 2. The van der Waals surface area contributed by atoms with Crippen molar-refractivity contribution in [1.82, 2.24) is 20.0 Å². The fraction of sp³-hybridized carbons (Fsp3) is 0.905. The lowest BCUT2D eigenvalue weighted by Crippen LogP contribution is -2.39. The summed E-state index contributed by atoms with van der Waals surface area (Å²) in [4.78, 5) is 29.7. The van der Waals surface area contributed by atoms with Gasteiger partial charge in [0.15, 0.2) is 0 Å². The van der Waals surface area contributed by atoms with E-state index in [-0.39, 0.29) is 0 Å². The molecule has 4 heterocycles. The number of rotatable bonds is 2. The van der Waals surface area contributed by atoms with Gasteiger partial charge in [-0.25, -0.2) is 0 Å². The molecule has 0 spiro atoms. The maximum Gasteiger partial charge on any atom is 0.222 e. The lowest BCUT2D eigenvalue weighted by molar-refractivity contribution is -0.131. The molecule has 154 valence electrons. The van der Waals surface area contributed by atoms with Crippen molar-refractivity contribution in [3.05, 3.63) is 0 Å². The van der Waals surface area contributed by atoms with Gasteiger partial charge in [-0.1, -0.05) is 13.8 Å². The zero-order valence-corrected chi connectivity index (χ0v) is 17.5. The number of likely N-dealkylation sites (tertiary alicyclic amines) is 2. The summed E-state index contributed by atoms with van der Waals surface area (Å²) in [6.45, 7) is 7.72. The van der Waals surface area contributed by atoms with Gasteiger partial charge in [0.25, 0.3) is 0 Å². The zero-order chi connectivity index (χ0) is 19.4. The molecule has 4 saturated heterocycles. The van der Waals surface area contributed by atoms with Crippen molar-refractivity contribution in [3.63, 3.8) is 0 Å². The van der Waals surface area contributed by atoms with Crippen molar-refractivity contribution < 1.29 is 9.59 Å². The van der Waals surface area contributed by atoms with Crippen LogP contribution in [0.4, 0.5) is 0 Å². The van der Waals surface area contributed by atoms with E-state index < -0.39 is 0 Å². The van der Waals surface area contributed by atoms with Crippen LogP contribution in [0.15, 0.2) is 0 Å². The molecule has 0 radical (unpaired) electrons. The van der Waals surface area contributed by atoms with E-state index in [1.54, 1.807) is 0 Å². The van der Waals surface area contributed by atoms with Gasteiger partial charge in [-0.2, -0.15) is 0 Å². The molecule has 0 aromatic carbocycles. The highest BCUT2D eigenvalue weighted by Crippen LogP contribution is 2.28. The zero-order valence-electron chi connectivity index (χ0n) is 17.5. The molecule has 0 saturated carbocycles. The van der Waals surface area contributed by atoms with Gasteiger partial charge in [0.1, 0.15) is 0 Å². The highest BCUT2D eigenvalue weighted by atomic mass is 16.2. The number of carbonyl (C=O) groups excluding carboxylic acids is 2. The largest absolute Gasteiger partial charge is 0.341 e. The van der Waals surface area contributed by atoms with Crippen LogP contribution in [0.5, 0.6) is 0 Å². The van der Waals surface area contributed by atoms with Crippen LogP contribution < -0.4 is 5.32 Å². The van der Waals surface area contributed by atoms with Crippen LogP contribution in [0, 0.1) is 0 Å². The summed E-state index contributed by atoms with van der Waals surface area (Å²) in [5.41, 5.74) is 0. The Morgan fingerprint density at radius 1 is 0.778 bits per heavy atom. The summed E-state index contributed by atoms with van der Waals surface area (Å²) in [7, 11) is 2.21. The van der Waals surface area contributed by atoms with Crippen LogP contribution in [0.1, 0.15) is 65.2 Å². The maximum absolute atomic E-state index is 11.6. The molecular formula is C21H38N4O2. The molecule has 4 aliphatic heterocycles. The first-order valence-electron chi connectivity index (χ1n) is 11.0. The second kappa shape index (κ2) is 9.37. The number of fused-ring (bicyclic) bond motifs is 4. The monoisotopic (exact) mass is 378 g/mol. The molecule has 4 aliphatic rings. The Bertz CT molecular complexity index is 526. The summed E-state index contributed by atoms with van der Waals surface area (Å²) in [5, 5.41) is 3.57. The van der Waals surface area contributed by atoms with Gasteiger partial charge in [-0.3, -0.25) is 14.5 Å². The van der Waals surface area contributed by atoms with E-state index in [1.807, 2.05) is 18.7 Å². The summed E-state index contributed by atoms with van der Waals surface area (Å²) >= 11 is 0. The molecule has 0 aliphatic carbocycles. The first-order chi connectivity index (χ1) is 13.0. The van der Waals surface area contributed by atoms with E-state index in [9.17, 15) is 9.59 Å². The lowest BCUT2D eigenvalue weighted by Gasteiger charge is -2.25. The molecule has 4 rings (SSSR count). The van der Waals surface area contributed by atoms with Crippen LogP contribution >= 0.6 is 0 Å². The number of hydrogen-bond acceptors (Lipinski definition) is 4. The van der Waals surface area contributed by atoms with Gasteiger partial charge in [-0.15, -0.1) is 0 Å². The molecule has 4 atom stereocenters. The van der Waals surface area contributed by atoms with Crippen molar-refractivity contribution >= 4 is 11.8 Å². The van der Waals surface area contributed by atoms with Gasteiger partial charge in [0, 0.05) is 63.2 Å². The van der Waals surface area contributed by atoms with Gasteiger partial charge in [0.2, 0.25) is 11.8 Å². The third-order valence-electron chi connectivity index (χ3n) is 6.98. The molecule has 2 amide bonds. The molecule has 0 aromatic rings. The fourth-order valence-electron chi connectivity index (χ4n) is 5.15. The van der Waals surface area contributed by atoms with E-state index in [1.165, 1.54) is 32.1 Å². The summed E-state index contributed by atoms with van der Waals surface area (Å²) < 4.78 is 0. The van der Waals surface area contributed by atoms with E-state index in [0.29, 0.717) is 42.8 Å². The van der Waals surface area contributed by atoms with Crippen molar-refractivity contribution in [2.45, 2.75) is 89.4 Å². The predicted octanol–water partition coefficient (Wildman–Crippen LogP) is 1.84. The standard InChI is InChI=1S/C11H20N2O.C10H18N2O/c1-3-11(14)13-7-6-9-4-5-10(8-13)12(9)2;1-2-10(13)12-6-5-8-3-4-9(7-12)11-8/h9-10H,3-8H2,1-2H3;8-9,11H,2-7H2,1H3. The van der Waals surface area contributed by atoms with Crippen molar-refractivity contribution in [2.24, 2.45) is 0 Å². The van der Waals surface area contributed by atoms with Crippen LogP contribution in [0.3, 0.4) is 0 Å². The first kappa shape index (κ1) is 20.6.